The molecule has 6 rings (SSSR count). The number of allylic oxidation sites excluding steroid dienone is 2. The van der Waals surface area contributed by atoms with E-state index in [2.05, 4.69) is 20.8 Å². The molecule has 14 nitrogen and oxygen atoms in total. The zero-order chi connectivity index (χ0) is 34.5. The molecule has 0 spiro atoms. The predicted octanol–water partition coefficient (Wildman–Crippen LogP) is 5.32. The van der Waals surface area contributed by atoms with Gasteiger partial charge >= 0.3 is 0 Å². The lowest BCUT2D eigenvalue weighted by Crippen LogP contribution is -2.20. The largest absolute Gasteiger partial charge is 0.359 e. The monoisotopic (exact) mass is 664 g/mol. The SMILES string of the molecule is CCn1nc(C)cc1C(=O)Nc1nc2ccccc2n1C/C=C/Cn1c(NC(=O)c2cc(C)nn2CC)nc2cccc(COCOC)c21. The van der Waals surface area contributed by atoms with Crippen LogP contribution in [0.2, 0.25) is 0 Å². The highest BCUT2D eigenvalue weighted by Gasteiger charge is 2.20. The first-order valence-corrected chi connectivity index (χ1v) is 16.2. The van der Waals surface area contributed by atoms with Crippen molar-refractivity contribution in [2.45, 2.75) is 60.5 Å². The molecule has 2 amide bonds. The maximum absolute atomic E-state index is 13.5. The Labute approximate surface area is 283 Å². The molecule has 0 aliphatic heterocycles. The third-order valence-corrected chi connectivity index (χ3v) is 8.03. The van der Waals surface area contributed by atoms with E-state index in [1.54, 1.807) is 28.6 Å². The van der Waals surface area contributed by atoms with Gasteiger partial charge in [0, 0.05) is 38.9 Å². The first-order valence-electron chi connectivity index (χ1n) is 16.2. The Balaban J connectivity index is 1.30. The van der Waals surface area contributed by atoms with Crippen molar-refractivity contribution in [2.75, 3.05) is 24.5 Å². The second-order valence-corrected chi connectivity index (χ2v) is 11.5. The number of ether oxygens (including phenoxy) is 2. The van der Waals surface area contributed by atoms with Crippen molar-refractivity contribution in [1.82, 2.24) is 38.7 Å². The second kappa shape index (κ2) is 14.7. The van der Waals surface area contributed by atoms with Crippen LogP contribution in [0.25, 0.3) is 22.1 Å². The fourth-order valence-electron chi connectivity index (χ4n) is 5.87. The number of rotatable bonds is 14. The number of amides is 2. The number of nitrogens with zero attached hydrogens (tertiary/aromatic N) is 8. The van der Waals surface area contributed by atoms with E-state index in [0.717, 1.165) is 39.0 Å². The van der Waals surface area contributed by atoms with Crippen LogP contribution < -0.4 is 10.6 Å². The number of methoxy groups -OCH3 is 1. The predicted molar refractivity (Wildman–Crippen MR) is 186 cm³/mol. The standard InChI is InChI=1S/C35H40N10O4/c1-6-44-29(19-23(3)40-44)32(46)38-34-36-26-14-8-9-16-28(26)42(34)17-10-11-18-43-31-25(21-49-22-48-5)13-12-15-27(31)37-35(43)39-33(47)30-20-24(4)41-45(30)7-2/h8-16,19-20H,6-7,17-18,21-22H2,1-5H3,(H,36,38,46)(H,37,39,47)/b11-10+. The summed E-state index contributed by atoms with van der Waals surface area (Å²) in [6.07, 6.45) is 4.00. The molecule has 0 fully saturated rings. The van der Waals surface area contributed by atoms with Gasteiger partial charge in [-0.05, 0) is 58.0 Å². The number of carbonyl (C=O) groups excluding carboxylic acids is 2. The first-order chi connectivity index (χ1) is 23.8. The summed E-state index contributed by atoms with van der Waals surface area (Å²) in [7, 11) is 1.58. The van der Waals surface area contributed by atoms with Crippen molar-refractivity contribution < 1.29 is 19.1 Å². The van der Waals surface area contributed by atoms with Gasteiger partial charge in [-0.3, -0.25) is 29.6 Å². The summed E-state index contributed by atoms with van der Waals surface area (Å²) >= 11 is 0. The first kappa shape index (κ1) is 33.3. The molecular weight excluding hydrogens is 624 g/mol. The molecule has 4 heterocycles. The Morgan fingerprint density at radius 2 is 1.35 bits per heavy atom. The van der Waals surface area contributed by atoms with Gasteiger partial charge in [-0.1, -0.05) is 36.4 Å². The Kier molecular flexibility index (Phi) is 9.97. The summed E-state index contributed by atoms with van der Waals surface area (Å²) < 4.78 is 18.1. The number of fused-ring (bicyclic) bond motifs is 2. The summed E-state index contributed by atoms with van der Waals surface area (Å²) in [6, 6.07) is 17.1. The lowest BCUT2D eigenvalue weighted by Gasteiger charge is -2.12. The van der Waals surface area contributed by atoms with Crippen LogP contribution in [0.4, 0.5) is 11.9 Å². The van der Waals surface area contributed by atoms with Crippen LogP contribution in [0.15, 0.2) is 66.7 Å². The minimum absolute atomic E-state index is 0.145. The molecule has 0 radical (unpaired) electrons. The Morgan fingerprint density at radius 1 is 0.776 bits per heavy atom. The number of hydrogen-bond acceptors (Lipinski definition) is 8. The molecule has 254 valence electrons. The summed E-state index contributed by atoms with van der Waals surface area (Å²) in [4.78, 5) is 36.3. The van der Waals surface area contributed by atoms with Crippen LogP contribution in [0, 0.1) is 13.8 Å². The summed E-state index contributed by atoms with van der Waals surface area (Å²) in [5.41, 5.74) is 6.55. The van der Waals surface area contributed by atoms with Gasteiger partial charge in [0.2, 0.25) is 11.9 Å². The number of benzene rings is 2. The topological polar surface area (TPSA) is 148 Å². The van der Waals surface area contributed by atoms with Crippen LogP contribution in [0.5, 0.6) is 0 Å². The van der Waals surface area contributed by atoms with E-state index in [9.17, 15) is 9.59 Å². The number of imidazole rings is 2. The number of carbonyl (C=O) groups is 2. The van der Waals surface area contributed by atoms with Gasteiger partial charge < -0.3 is 18.6 Å². The Hall–Kier alpha value is -5.60. The normalized spacial score (nSPS) is 11.7. The van der Waals surface area contributed by atoms with Crippen LogP contribution in [-0.2, 0) is 42.3 Å². The molecule has 0 atom stereocenters. The maximum Gasteiger partial charge on any atom is 0.276 e. The molecule has 0 saturated carbocycles. The smallest absolute Gasteiger partial charge is 0.276 e. The third kappa shape index (κ3) is 7.00. The van der Waals surface area contributed by atoms with E-state index in [-0.39, 0.29) is 18.6 Å². The van der Waals surface area contributed by atoms with Crippen LogP contribution in [0.1, 0.15) is 51.8 Å². The van der Waals surface area contributed by atoms with Crippen LogP contribution in [0.3, 0.4) is 0 Å². The number of para-hydroxylation sites is 3. The molecule has 0 saturated heterocycles. The van der Waals surface area contributed by atoms with Crippen molar-refractivity contribution in [1.29, 1.82) is 0 Å². The summed E-state index contributed by atoms with van der Waals surface area (Å²) in [6.45, 7) is 10.0. The lowest BCUT2D eigenvalue weighted by atomic mass is 10.2. The van der Waals surface area contributed by atoms with E-state index in [1.165, 1.54) is 0 Å². The highest BCUT2D eigenvalue weighted by Crippen LogP contribution is 2.26. The van der Waals surface area contributed by atoms with Gasteiger partial charge in [-0.25, -0.2) is 9.97 Å². The maximum atomic E-state index is 13.5. The zero-order valence-electron chi connectivity index (χ0n) is 28.3. The van der Waals surface area contributed by atoms with Gasteiger partial charge in [0.1, 0.15) is 18.2 Å². The molecule has 2 aromatic carbocycles. The molecule has 0 unspecified atom stereocenters. The quantitative estimate of drug-likeness (QED) is 0.0904. The van der Waals surface area contributed by atoms with Gasteiger partial charge in [0.05, 0.1) is 40.1 Å². The van der Waals surface area contributed by atoms with Crippen LogP contribution >= 0.6 is 0 Å². The van der Waals surface area contributed by atoms with Gasteiger partial charge in [-0.15, -0.1) is 0 Å². The van der Waals surface area contributed by atoms with E-state index in [4.69, 9.17) is 19.4 Å². The summed E-state index contributed by atoms with van der Waals surface area (Å²) in [5.74, 6) is 0.245. The fraction of sp³-hybridized carbons (Fsp3) is 0.314. The highest BCUT2D eigenvalue weighted by molar-refractivity contribution is 6.04. The Bertz CT molecular complexity index is 2150. The van der Waals surface area contributed by atoms with Crippen molar-refractivity contribution in [2.24, 2.45) is 0 Å². The average molecular weight is 665 g/mol. The number of aryl methyl sites for hydroxylation is 4. The molecule has 14 heteroatoms. The van der Waals surface area contributed by atoms with Crippen LogP contribution in [-0.4, -0.2) is 64.4 Å². The number of aromatic nitrogens is 8. The van der Waals surface area contributed by atoms with Crippen molar-refractivity contribution in [3.05, 3.63) is 95.1 Å². The minimum atomic E-state index is -0.301. The molecule has 0 aliphatic carbocycles. The van der Waals surface area contributed by atoms with Gasteiger partial charge in [0.25, 0.3) is 11.8 Å². The molecule has 0 aliphatic rings. The third-order valence-electron chi connectivity index (χ3n) is 8.03. The van der Waals surface area contributed by atoms with Crippen molar-refractivity contribution >= 4 is 45.8 Å². The van der Waals surface area contributed by atoms with Gasteiger partial charge in [-0.2, -0.15) is 10.2 Å². The number of hydrogen-bond donors (Lipinski definition) is 2. The molecule has 6 aromatic rings. The number of nitrogens with one attached hydrogen (secondary N) is 2. The lowest BCUT2D eigenvalue weighted by molar-refractivity contribution is -0.0387. The molecule has 0 bridgehead atoms. The zero-order valence-corrected chi connectivity index (χ0v) is 28.3. The highest BCUT2D eigenvalue weighted by atomic mass is 16.7. The molecule has 2 N–H and O–H groups in total. The van der Waals surface area contributed by atoms with Gasteiger partial charge in [0.15, 0.2) is 0 Å². The average Bonchev–Trinajstić information content (AvgIpc) is 3.86. The van der Waals surface area contributed by atoms with E-state index in [1.807, 2.05) is 91.4 Å². The van der Waals surface area contributed by atoms with E-state index in [0.29, 0.717) is 56.1 Å². The Morgan fingerprint density at radius 3 is 1.98 bits per heavy atom. The molecular formula is C35H40N10O4. The van der Waals surface area contributed by atoms with E-state index < -0.39 is 0 Å². The second-order valence-electron chi connectivity index (χ2n) is 11.5. The summed E-state index contributed by atoms with van der Waals surface area (Å²) in [5, 5.41) is 14.8. The fourth-order valence-corrected chi connectivity index (χ4v) is 5.87. The van der Waals surface area contributed by atoms with E-state index >= 15 is 0 Å². The molecule has 49 heavy (non-hydrogen) atoms. The minimum Gasteiger partial charge on any atom is -0.359 e. The van der Waals surface area contributed by atoms with Crippen molar-refractivity contribution in [3.63, 3.8) is 0 Å². The van der Waals surface area contributed by atoms with Crippen molar-refractivity contribution in [3.8, 4) is 0 Å². The number of anilines is 2. The molecule has 4 aromatic heterocycles.